The molecular weight excluding hydrogens is 1630 g/mol. The second-order valence-electron chi connectivity index (χ2n) is 25.1. The number of furan rings is 2. The first-order chi connectivity index (χ1) is 60.9. The Labute approximate surface area is 679 Å². The average molecular weight is 1740 g/mol. The number of rotatable bonds is 9. The van der Waals surface area contributed by atoms with Crippen molar-refractivity contribution in [1.29, 1.82) is 0 Å². The van der Waals surface area contributed by atoms with Gasteiger partial charge in [-0.2, -0.15) is 0 Å². The van der Waals surface area contributed by atoms with Gasteiger partial charge in [0.2, 0.25) is 11.4 Å². The Bertz CT molecular complexity index is 6660. The van der Waals surface area contributed by atoms with Crippen LogP contribution in [0.4, 0.5) is 0 Å². The monoisotopic (exact) mass is 1740 g/mol. The molecule has 0 unspecified atom stereocenters. The first-order valence-corrected chi connectivity index (χ1v) is 32.3. The summed E-state index contributed by atoms with van der Waals surface area (Å²) in [6, 6.07) is 69.0. The normalized spacial score (nSPS) is 16.4. The number of hydrogen-bond acceptors (Lipinski definition) is 8. The molecule has 0 N–H and O–H groups in total. The van der Waals surface area contributed by atoms with Gasteiger partial charge in [0.1, 0.15) is 0 Å². The summed E-state index contributed by atoms with van der Waals surface area (Å²) in [7, 11) is 0. The van der Waals surface area contributed by atoms with Gasteiger partial charge in [-0.3, -0.25) is 0 Å². The summed E-state index contributed by atoms with van der Waals surface area (Å²) in [5.74, 6) is 0. The molecule has 0 aliphatic heterocycles. The minimum absolute atomic E-state index is 0. The predicted octanol–water partition coefficient (Wildman–Crippen LogP) is 24.4. The van der Waals surface area contributed by atoms with Gasteiger partial charge in [0.25, 0.3) is 0 Å². The van der Waals surface area contributed by atoms with Crippen LogP contribution < -0.4 is 0 Å². The van der Waals surface area contributed by atoms with Crippen molar-refractivity contribution in [2.24, 2.45) is 5.41 Å². The molecule has 16 rings (SSSR count). The van der Waals surface area contributed by atoms with Crippen LogP contribution in [-0.2, 0) is 46.6 Å². The zero-order valence-corrected chi connectivity index (χ0v) is 61.4. The number of benzene rings is 8. The van der Waals surface area contributed by atoms with E-state index in [2.05, 4.69) is 54.2 Å². The third-order valence-corrected chi connectivity index (χ3v) is 16.5. The van der Waals surface area contributed by atoms with Crippen LogP contribution in [0, 0.1) is 105 Å². The maximum absolute atomic E-state index is 8.39. The van der Waals surface area contributed by atoms with Crippen LogP contribution >= 0.6 is 0 Å². The Morgan fingerprint density at radius 2 is 0.817 bits per heavy atom. The molecule has 0 amide bonds. The predicted molar refractivity (Wildman–Crippen MR) is 421 cm³/mol. The van der Waals surface area contributed by atoms with E-state index in [1.807, 2.05) is 132 Å². The Hall–Kier alpha value is -10.4. The van der Waals surface area contributed by atoms with E-state index >= 15 is 0 Å². The van der Waals surface area contributed by atoms with Crippen molar-refractivity contribution in [2.75, 3.05) is 0 Å². The molecule has 8 aromatic heterocycles. The van der Waals surface area contributed by atoms with Crippen LogP contribution in [0.2, 0.25) is 0 Å². The molecule has 522 valence electrons. The fourth-order valence-corrected chi connectivity index (χ4v) is 11.6. The van der Waals surface area contributed by atoms with Crippen molar-refractivity contribution >= 4 is 44.1 Å². The molecule has 0 saturated heterocycles. The van der Waals surface area contributed by atoms with E-state index in [4.69, 9.17) is 48.6 Å². The zero-order chi connectivity index (χ0) is 95.6. The summed E-state index contributed by atoms with van der Waals surface area (Å²) in [4.78, 5) is 26.3. The van der Waals surface area contributed by atoms with Crippen molar-refractivity contribution in [3.8, 4) is 89.5 Å². The third-order valence-electron chi connectivity index (χ3n) is 16.5. The number of nitrogens with zero attached hydrogens (tertiary/aromatic N) is 6. The standard InChI is InChI=1S/2C26H21N2O.C23H24N.C19H16N.2Ir/c2*1-15-8-10-19(16(2)12-15)23-13-24(27-14-17(23)3)22-7-5-6-20-21-11-9-18(4)28-26(21)29-25(20)22;1-17-10-12-20(14-21(17)19-8-6-5-7-9-19)22-13-11-18(16-24-22)15-23(2,3)4;1-14-8-11-19(20-13-14)17-10-9-15(2)18(12-17)16-6-4-3-5-7-16;;/h2*5-6,8-14H,1-4H3;5-11,13-14,16H,15H2,1-4H3;3-9,11-13H,1-2H3;;/q4*-1;;/i2*1D3,2D3,3D3;1D3,15D2;1D3,2D3;;. The fraction of sp³-hybridized carbons (Fsp3) is 0.170. The summed E-state index contributed by atoms with van der Waals surface area (Å²) >= 11 is 0. The van der Waals surface area contributed by atoms with Gasteiger partial charge in [0.15, 0.2) is 0 Å². The van der Waals surface area contributed by atoms with Crippen LogP contribution in [0.15, 0.2) is 240 Å². The van der Waals surface area contributed by atoms with Crippen LogP contribution in [0.5, 0.6) is 0 Å². The summed E-state index contributed by atoms with van der Waals surface area (Å²) in [5.41, 5.74) is 9.86. The van der Waals surface area contributed by atoms with Crippen molar-refractivity contribution < 1.29 is 88.8 Å². The number of aryl methyl sites for hydroxylation is 11. The van der Waals surface area contributed by atoms with E-state index in [1.54, 1.807) is 48.7 Å². The zero-order valence-electron chi connectivity index (χ0n) is 85.6. The number of hydrogen-bond donors (Lipinski definition) is 0. The maximum atomic E-state index is 8.39. The van der Waals surface area contributed by atoms with Gasteiger partial charge in [-0.25, -0.2) is 9.97 Å². The van der Waals surface area contributed by atoms with E-state index in [0.717, 1.165) is 56.2 Å². The molecule has 8 heterocycles. The molecule has 0 saturated carbocycles. The Morgan fingerprint density at radius 3 is 1.23 bits per heavy atom. The van der Waals surface area contributed by atoms with E-state index in [-0.39, 0.29) is 113 Å². The van der Waals surface area contributed by atoms with E-state index < -0.39 is 73.5 Å². The molecule has 0 fully saturated rings. The average Bonchev–Trinajstić information content (AvgIpc) is 1.56. The second-order valence-corrected chi connectivity index (χ2v) is 25.1. The number of aromatic nitrogens is 6. The van der Waals surface area contributed by atoms with E-state index in [0.29, 0.717) is 84.3 Å². The molecule has 2 radical (unpaired) electrons. The van der Waals surface area contributed by atoms with Crippen LogP contribution in [-0.4, -0.2) is 29.9 Å². The van der Waals surface area contributed by atoms with E-state index in [9.17, 15) is 0 Å². The van der Waals surface area contributed by atoms with E-state index in [1.165, 1.54) is 73.2 Å². The fourth-order valence-electron chi connectivity index (χ4n) is 11.6. The van der Waals surface area contributed by atoms with Gasteiger partial charge < -0.3 is 28.8 Å². The summed E-state index contributed by atoms with van der Waals surface area (Å²) in [6.07, 6.45) is 3.72. The molecule has 0 spiro atoms. The summed E-state index contributed by atoms with van der Waals surface area (Å²) in [5, 5.41) is 3.14. The van der Waals surface area contributed by atoms with Gasteiger partial charge in [0, 0.05) is 127 Å². The maximum Gasteiger partial charge on any atom is 0.216 e. The smallest absolute Gasteiger partial charge is 0.216 e. The summed E-state index contributed by atoms with van der Waals surface area (Å²) in [6.45, 7) is -13.2. The molecule has 0 atom stereocenters. The molecule has 8 nitrogen and oxygen atoms in total. The van der Waals surface area contributed by atoms with Gasteiger partial charge in [-0.15, -0.1) is 95.1 Å². The largest absolute Gasteiger partial charge is 0.486 e. The van der Waals surface area contributed by atoms with Crippen molar-refractivity contribution in [1.82, 2.24) is 29.9 Å². The molecular formula is C94H82Ir2N6O2-4. The topological polar surface area (TPSA) is 104 Å². The summed E-state index contributed by atoms with van der Waals surface area (Å²) < 4.78 is 241. The quantitative estimate of drug-likeness (QED) is 0.132. The first-order valence-electron chi connectivity index (χ1n) is 46.8. The molecule has 16 aromatic rings. The van der Waals surface area contributed by atoms with Gasteiger partial charge in [-0.1, -0.05) is 212 Å². The molecule has 0 aliphatic carbocycles. The van der Waals surface area contributed by atoms with Crippen molar-refractivity contribution in [2.45, 2.75) is 103 Å². The third kappa shape index (κ3) is 16.9. The van der Waals surface area contributed by atoms with Crippen LogP contribution in [0.1, 0.15) is 128 Å². The minimum Gasteiger partial charge on any atom is -0.486 e. The Kier molecular flexibility index (Phi) is 14.2. The molecule has 0 bridgehead atoms. The first kappa shape index (κ1) is 45.6. The van der Waals surface area contributed by atoms with Crippen molar-refractivity contribution in [3.63, 3.8) is 0 Å². The Morgan fingerprint density at radius 1 is 0.375 bits per heavy atom. The molecule has 104 heavy (non-hydrogen) atoms. The minimum atomic E-state index is -2.71. The van der Waals surface area contributed by atoms with Crippen molar-refractivity contribution in [3.05, 3.63) is 322 Å². The number of pyridine rings is 6. The van der Waals surface area contributed by atoms with Crippen LogP contribution in [0.3, 0.4) is 0 Å². The number of fused-ring (bicyclic) bond motifs is 6. The van der Waals surface area contributed by atoms with Gasteiger partial charge >= 0.3 is 0 Å². The Balaban J connectivity index is 0.000000172. The molecule has 10 heteroatoms. The SMILES string of the molecule is [2H]C([2H])([2H])c1c[c-]c(-c2ccc(C([2H])([2H])C(C)(C)C)cn2)cc1-c1ccccc1.[2H]C([2H])([2H])c1ccc(-c2[c-]cc(C([2H])([2H])[2H])c(-c3ccccc3)c2)nc1.[2H]C([2H])([2H])c1ccc(-c2cc(-c3[c-]ccc4c3oc3nc(C)ccc34)ncc2C([2H])([2H])[2H])c(C([2H])([2H])[2H])c1.[2H]C([2H])([2H])c1ccc(-c2cc(-c3[c-]ccc4c3oc3nc(C)ccc34)ncc2C([2H])([2H])[2H])c(C([2H])([2H])[2H])c1.[Ir].[Ir]. The second kappa shape index (κ2) is 32.5. The van der Waals surface area contributed by atoms with Gasteiger partial charge in [-0.05, 0) is 187 Å². The molecule has 0 aliphatic rings. The molecule has 8 aromatic carbocycles. The van der Waals surface area contributed by atoms with Crippen LogP contribution in [0.25, 0.3) is 134 Å². The van der Waals surface area contributed by atoms with Gasteiger partial charge in [0.05, 0.1) is 11.2 Å².